The van der Waals surface area contributed by atoms with Gasteiger partial charge in [-0.2, -0.15) is 0 Å². The Labute approximate surface area is 173 Å². The zero-order chi connectivity index (χ0) is 19.8. The van der Waals surface area contributed by atoms with E-state index in [1.54, 1.807) is 29.2 Å². The van der Waals surface area contributed by atoms with Gasteiger partial charge in [-0.1, -0.05) is 53.7 Å². The number of aryl methyl sites for hydroxylation is 1. The molecule has 3 rings (SSSR count). The van der Waals surface area contributed by atoms with Crippen LogP contribution < -0.4 is 5.32 Å². The molecule has 1 aromatic carbocycles. The van der Waals surface area contributed by atoms with E-state index in [0.29, 0.717) is 18.9 Å². The lowest BCUT2D eigenvalue weighted by Gasteiger charge is -2.08. The van der Waals surface area contributed by atoms with Gasteiger partial charge in [-0.3, -0.25) is 4.79 Å². The Morgan fingerprint density at radius 3 is 2.96 bits per heavy atom. The normalized spacial score (nSPS) is 11.0. The fraction of sp³-hybridized carbons (Fsp3) is 0.190. The largest absolute Gasteiger partial charge is 0.345 e. The third-order valence-corrected chi connectivity index (χ3v) is 5.79. The highest BCUT2D eigenvalue weighted by molar-refractivity contribution is 7.98. The first-order valence-electron chi connectivity index (χ1n) is 8.86. The quantitative estimate of drug-likeness (QED) is 0.321. The summed E-state index contributed by atoms with van der Waals surface area (Å²) in [6.07, 6.45) is 5.15. The zero-order valence-corrected chi connectivity index (χ0v) is 17.3. The second-order valence-corrected chi connectivity index (χ2v) is 8.06. The van der Waals surface area contributed by atoms with Gasteiger partial charge >= 0.3 is 0 Å². The van der Waals surface area contributed by atoms with Gasteiger partial charge in [-0.25, -0.2) is 0 Å². The molecule has 3 aromatic rings. The molecule has 0 aliphatic rings. The number of benzene rings is 1. The van der Waals surface area contributed by atoms with Crippen LogP contribution in [0.25, 0.3) is 6.08 Å². The van der Waals surface area contributed by atoms with Crippen LogP contribution in [0.4, 0.5) is 0 Å². The molecule has 0 bridgehead atoms. The van der Waals surface area contributed by atoms with Crippen molar-refractivity contribution < 1.29 is 4.79 Å². The van der Waals surface area contributed by atoms with Gasteiger partial charge in [0.05, 0.1) is 6.54 Å². The van der Waals surface area contributed by atoms with Crippen LogP contribution in [0.2, 0.25) is 0 Å². The van der Waals surface area contributed by atoms with Crippen LogP contribution in [0, 0.1) is 6.92 Å². The van der Waals surface area contributed by atoms with Gasteiger partial charge < -0.3 is 9.88 Å². The van der Waals surface area contributed by atoms with Crippen LogP contribution in [0.5, 0.6) is 0 Å². The number of thioether (sulfide) groups is 1. The highest BCUT2D eigenvalue weighted by Crippen LogP contribution is 2.22. The standard InChI is InChI=1S/C21H22N4OS2/c1-3-11-25-19(14-22-20(26)10-9-18-8-5-12-27-18)23-24-21(25)28-15-17-7-4-6-16(2)13-17/h3-10,12-13H,1,11,14-15H2,2H3,(H,22,26). The van der Waals surface area contributed by atoms with Crippen molar-refractivity contribution in [2.24, 2.45) is 0 Å². The molecule has 0 aliphatic heterocycles. The molecular weight excluding hydrogens is 388 g/mol. The van der Waals surface area contributed by atoms with Gasteiger partial charge in [-0.05, 0) is 30.0 Å². The van der Waals surface area contributed by atoms with Crippen molar-refractivity contribution in [3.05, 3.63) is 82.3 Å². The van der Waals surface area contributed by atoms with E-state index >= 15 is 0 Å². The minimum absolute atomic E-state index is 0.157. The molecule has 0 radical (unpaired) electrons. The van der Waals surface area contributed by atoms with E-state index in [9.17, 15) is 4.79 Å². The van der Waals surface area contributed by atoms with E-state index in [4.69, 9.17) is 0 Å². The number of thiophene rings is 1. The molecule has 7 heteroatoms. The summed E-state index contributed by atoms with van der Waals surface area (Å²) in [5, 5.41) is 14.2. The monoisotopic (exact) mass is 410 g/mol. The first kappa shape index (κ1) is 20.1. The number of rotatable bonds is 9. The summed E-state index contributed by atoms with van der Waals surface area (Å²) in [6.45, 7) is 6.82. The maximum Gasteiger partial charge on any atom is 0.244 e. The van der Waals surface area contributed by atoms with E-state index in [2.05, 4.69) is 53.3 Å². The number of amides is 1. The second-order valence-electron chi connectivity index (χ2n) is 6.14. The number of nitrogens with zero attached hydrogens (tertiary/aromatic N) is 3. The summed E-state index contributed by atoms with van der Waals surface area (Å²) >= 11 is 3.22. The van der Waals surface area contributed by atoms with Crippen molar-refractivity contribution in [2.45, 2.75) is 30.9 Å². The molecule has 0 saturated heterocycles. The van der Waals surface area contributed by atoms with Crippen LogP contribution in [-0.4, -0.2) is 20.7 Å². The lowest BCUT2D eigenvalue weighted by atomic mass is 10.2. The molecule has 28 heavy (non-hydrogen) atoms. The number of carbonyl (C=O) groups is 1. The van der Waals surface area contributed by atoms with E-state index in [-0.39, 0.29) is 5.91 Å². The first-order valence-corrected chi connectivity index (χ1v) is 10.7. The van der Waals surface area contributed by atoms with Crippen LogP contribution >= 0.6 is 23.1 Å². The summed E-state index contributed by atoms with van der Waals surface area (Å²) in [5.74, 6) is 1.37. The molecule has 2 aromatic heterocycles. The fourth-order valence-corrected chi connectivity index (χ4v) is 4.12. The van der Waals surface area contributed by atoms with Gasteiger partial charge in [0.2, 0.25) is 5.91 Å². The molecule has 1 amide bonds. The maximum absolute atomic E-state index is 12.1. The lowest BCUT2D eigenvalue weighted by Crippen LogP contribution is -2.22. The molecule has 0 spiro atoms. The van der Waals surface area contributed by atoms with Crippen molar-refractivity contribution in [3.63, 3.8) is 0 Å². The van der Waals surface area contributed by atoms with Crippen LogP contribution in [0.3, 0.4) is 0 Å². The molecule has 0 atom stereocenters. The molecule has 0 unspecified atom stereocenters. The van der Waals surface area contributed by atoms with Crippen LogP contribution in [0.1, 0.15) is 21.8 Å². The third kappa shape index (κ3) is 5.68. The Kier molecular flexibility index (Phi) is 7.22. The van der Waals surface area contributed by atoms with E-state index in [0.717, 1.165) is 15.8 Å². The summed E-state index contributed by atoms with van der Waals surface area (Å²) in [4.78, 5) is 13.1. The van der Waals surface area contributed by atoms with Crippen LogP contribution in [-0.2, 0) is 23.6 Å². The molecule has 144 valence electrons. The molecule has 0 saturated carbocycles. The Balaban J connectivity index is 1.61. The highest BCUT2D eigenvalue weighted by Gasteiger charge is 2.12. The predicted octanol–water partition coefficient (Wildman–Crippen LogP) is 4.46. The third-order valence-electron chi connectivity index (χ3n) is 3.92. The maximum atomic E-state index is 12.1. The number of hydrogen-bond acceptors (Lipinski definition) is 5. The number of aromatic nitrogens is 3. The molecular formula is C21H22N4OS2. The highest BCUT2D eigenvalue weighted by atomic mass is 32.2. The molecule has 1 N–H and O–H groups in total. The summed E-state index contributed by atoms with van der Waals surface area (Å²) < 4.78 is 1.98. The predicted molar refractivity (Wildman–Crippen MR) is 116 cm³/mol. The van der Waals surface area contributed by atoms with Gasteiger partial charge in [0.1, 0.15) is 0 Å². The zero-order valence-electron chi connectivity index (χ0n) is 15.7. The molecule has 2 heterocycles. The average molecular weight is 411 g/mol. The van der Waals surface area contributed by atoms with Crippen molar-refractivity contribution in [1.29, 1.82) is 0 Å². The number of hydrogen-bond donors (Lipinski definition) is 1. The molecule has 0 aliphatic carbocycles. The Bertz CT molecular complexity index is 961. The van der Waals surface area contributed by atoms with E-state index < -0.39 is 0 Å². The molecule has 5 nitrogen and oxygen atoms in total. The van der Waals surface area contributed by atoms with Gasteiger partial charge in [0.15, 0.2) is 11.0 Å². The van der Waals surface area contributed by atoms with Crippen molar-refractivity contribution in [1.82, 2.24) is 20.1 Å². The van der Waals surface area contributed by atoms with Crippen LogP contribution in [0.15, 0.2) is 65.7 Å². The van der Waals surface area contributed by atoms with Crippen molar-refractivity contribution in [3.8, 4) is 0 Å². The summed E-state index contributed by atoms with van der Waals surface area (Å²) in [5.41, 5.74) is 2.48. The van der Waals surface area contributed by atoms with Gasteiger partial charge in [0, 0.05) is 23.3 Å². The Morgan fingerprint density at radius 1 is 1.32 bits per heavy atom. The number of allylic oxidation sites excluding steroid dienone is 1. The second kappa shape index (κ2) is 10.1. The average Bonchev–Trinajstić information content (AvgIpc) is 3.34. The van der Waals surface area contributed by atoms with Gasteiger partial charge in [0.25, 0.3) is 0 Å². The number of carbonyl (C=O) groups excluding carboxylic acids is 1. The van der Waals surface area contributed by atoms with E-state index in [1.165, 1.54) is 17.2 Å². The Hall–Kier alpha value is -2.64. The first-order chi connectivity index (χ1) is 13.7. The van der Waals surface area contributed by atoms with Crippen molar-refractivity contribution in [2.75, 3.05) is 0 Å². The number of nitrogens with one attached hydrogen (secondary N) is 1. The van der Waals surface area contributed by atoms with E-state index in [1.807, 2.05) is 28.2 Å². The smallest absolute Gasteiger partial charge is 0.244 e. The van der Waals surface area contributed by atoms with Crippen molar-refractivity contribution >= 4 is 35.1 Å². The minimum Gasteiger partial charge on any atom is -0.345 e. The fourth-order valence-electron chi connectivity index (χ4n) is 2.59. The Morgan fingerprint density at radius 2 is 2.21 bits per heavy atom. The summed E-state index contributed by atoms with van der Waals surface area (Å²) in [6, 6.07) is 12.3. The SMILES string of the molecule is C=CCn1c(CNC(=O)C=Cc2cccs2)nnc1SCc1cccc(C)c1. The minimum atomic E-state index is -0.157. The lowest BCUT2D eigenvalue weighted by molar-refractivity contribution is -0.116. The topological polar surface area (TPSA) is 59.8 Å². The van der Waals surface area contributed by atoms with Gasteiger partial charge in [-0.15, -0.1) is 28.1 Å². The summed E-state index contributed by atoms with van der Waals surface area (Å²) in [7, 11) is 0. The molecule has 0 fully saturated rings.